The molecule has 0 heterocycles. The van der Waals surface area contributed by atoms with Crippen LogP contribution in [-0.4, -0.2) is 57.7 Å². The molecule has 0 aliphatic heterocycles. The van der Waals surface area contributed by atoms with Crippen LogP contribution in [0.15, 0.2) is 29.3 Å². The minimum Gasteiger partial charge on any atom is -0.383 e. The molecule has 0 unspecified atom stereocenters. The first-order chi connectivity index (χ1) is 10.6. The smallest absolute Gasteiger partial charge is 0.239 e. The zero-order chi connectivity index (χ0) is 16.4. The largest absolute Gasteiger partial charge is 0.383 e. The molecule has 0 aliphatic carbocycles. The number of halogens is 1. The minimum atomic E-state index is -0.0990. The first-order valence-electron chi connectivity index (χ1n) is 6.98. The summed E-state index contributed by atoms with van der Waals surface area (Å²) in [5.74, 6) is 0.551. The molecule has 0 saturated heterocycles. The number of benzene rings is 1. The third-order valence-corrected chi connectivity index (χ3v) is 3.19. The molecule has 22 heavy (non-hydrogen) atoms. The van der Waals surface area contributed by atoms with E-state index >= 15 is 0 Å². The summed E-state index contributed by atoms with van der Waals surface area (Å²) in [4.78, 5) is 17.7. The maximum Gasteiger partial charge on any atom is 0.239 e. The van der Waals surface area contributed by atoms with Crippen LogP contribution in [0.5, 0.6) is 0 Å². The third-order valence-electron chi connectivity index (χ3n) is 2.94. The fraction of sp³-hybridized carbons (Fsp3) is 0.467. The van der Waals surface area contributed by atoms with Gasteiger partial charge in [0.05, 0.1) is 13.2 Å². The molecule has 2 N–H and O–H groups in total. The molecule has 122 valence electrons. The summed E-state index contributed by atoms with van der Waals surface area (Å²) in [6.07, 6.45) is 0. The van der Waals surface area contributed by atoms with Crippen LogP contribution in [0.1, 0.15) is 5.56 Å². The number of rotatable bonds is 7. The van der Waals surface area contributed by atoms with Gasteiger partial charge >= 0.3 is 0 Å². The predicted molar refractivity (Wildman–Crippen MR) is 89.2 cm³/mol. The molecule has 0 fully saturated rings. The van der Waals surface area contributed by atoms with Crippen molar-refractivity contribution in [2.24, 2.45) is 4.99 Å². The molecule has 1 rings (SSSR count). The summed E-state index contributed by atoms with van der Waals surface area (Å²) in [7, 11) is 5.19. The van der Waals surface area contributed by atoms with Gasteiger partial charge in [0, 0.05) is 39.3 Å². The molecule has 0 aromatic heterocycles. The molecule has 0 bridgehead atoms. The highest BCUT2D eigenvalue weighted by molar-refractivity contribution is 6.30. The van der Waals surface area contributed by atoms with Gasteiger partial charge in [-0.15, -0.1) is 0 Å². The molecule has 0 aliphatic rings. The van der Waals surface area contributed by atoms with E-state index in [1.807, 2.05) is 36.2 Å². The van der Waals surface area contributed by atoms with E-state index in [9.17, 15) is 4.79 Å². The number of carbonyl (C=O) groups is 1. The van der Waals surface area contributed by atoms with Crippen molar-refractivity contribution in [2.45, 2.75) is 6.54 Å². The highest BCUT2D eigenvalue weighted by atomic mass is 35.5. The van der Waals surface area contributed by atoms with Crippen molar-refractivity contribution in [1.82, 2.24) is 15.5 Å². The zero-order valence-electron chi connectivity index (χ0n) is 13.2. The highest BCUT2D eigenvalue weighted by Gasteiger charge is 2.08. The second-order valence-corrected chi connectivity index (χ2v) is 5.16. The van der Waals surface area contributed by atoms with Crippen molar-refractivity contribution in [2.75, 3.05) is 40.9 Å². The molecule has 1 amide bonds. The SMILES string of the molecule is CN=C(NCC(=O)NCCOC)N(C)Cc1ccc(Cl)cc1. The molecular formula is C15H23ClN4O2. The standard InChI is InChI=1S/C15H23ClN4O2/c1-17-15(19-10-14(21)18-8-9-22-3)20(2)11-12-4-6-13(16)7-5-12/h4-7H,8-11H2,1-3H3,(H,17,19)(H,18,21). The van der Waals surface area contributed by atoms with E-state index in [2.05, 4.69) is 15.6 Å². The Kier molecular flexibility index (Phi) is 8.32. The summed E-state index contributed by atoms with van der Waals surface area (Å²) in [6, 6.07) is 7.63. The predicted octanol–water partition coefficient (Wildman–Crippen LogP) is 1.11. The summed E-state index contributed by atoms with van der Waals surface area (Å²) in [6.45, 7) is 1.83. The Balaban J connectivity index is 2.43. The van der Waals surface area contributed by atoms with Crippen LogP contribution in [0.4, 0.5) is 0 Å². The van der Waals surface area contributed by atoms with Crippen LogP contribution >= 0.6 is 11.6 Å². The van der Waals surface area contributed by atoms with Gasteiger partial charge < -0.3 is 20.3 Å². The summed E-state index contributed by atoms with van der Waals surface area (Å²) in [5.41, 5.74) is 1.11. The van der Waals surface area contributed by atoms with Crippen molar-refractivity contribution < 1.29 is 9.53 Å². The number of nitrogens with zero attached hydrogens (tertiary/aromatic N) is 2. The Hall–Kier alpha value is -1.79. The van der Waals surface area contributed by atoms with E-state index in [1.165, 1.54) is 0 Å². The second-order valence-electron chi connectivity index (χ2n) is 4.73. The van der Waals surface area contributed by atoms with Crippen molar-refractivity contribution >= 4 is 23.5 Å². The number of hydrogen-bond donors (Lipinski definition) is 2. The number of amides is 1. The van der Waals surface area contributed by atoms with Gasteiger partial charge in [-0.1, -0.05) is 23.7 Å². The normalized spacial score (nSPS) is 11.2. The average molecular weight is 327 g/mol. The van der Waals surface area contributed by atoms with Crippen LogP contribution in [0.2, 0.25) is 5.02 Å². The Bertz CT molecular complexity index is 491. The summed E-state index contributed by atoms with van der Waals surface area (Å²) < 4.78 is 4.88. The molecule has 7 heteroatoms. The second kappa shape index (κ2) is 10.0. The Labute approximate surface area is 136 Å². The Morgan fingerprint density at radius 1 is 1.32 bits per heavy atom. The highest BCUT2D eigenvalue weighted by Crippen LogP contribution is 2.10. The molecular weight excluding hydrogens is 304 g/mol. The zero-order valence-corrected chi connectivity index (χ0v) is 14.0. The lowest BCUT2D eigenvalue weighted by Crippen LogP contribution is -2.44. The first-order valence-corrected chi connectivity index (χ1v) is 7.36. The lowest BCUT2D eigenvalue weighted by atomic mass is 10.2. The van der Waals surface area contributed by atoms with Crippen LogP contribution in [0.3, 0.4) is 0 Å². The minimum absolute atomic E-state index is 0.0990. The van der Waals surface area contributed by atoms with Crippen molar-refractivity contribution in [3.63, 3.8) is 0 Å². The summed E-state index contributed by atoms with van der Waals surface area (Å²) in [5, 5.41) is 6.48. The molecule has 0 radical (unpaired) electrons. The van der Waals surface area contributed by atoms with E-state index in [1.54, 1.807) is 14.2 Å². The molecule has 0 atom stereocenters. The van der Waals surface area contributed by atoms with Crippen LogP contribution in [0.25, 0.3) is 0 Å². The lowest BCUT2D eigenvalue weighted by Gasteiger charge is -2.22. The van der Waals surface area contributed by atoms with Crippen molar-refractivity contribution in [3.8, 4) is 0 Å². The maximum atomic E-state index is 11.6. The van der Waals surface area contributed by atoms with Gasteiger partial charge in [-0.25, -0.2) is 0 Å². The third kappa shape index (κ3) is 6.78. The van der Waals surface area contributed by atoms with Crippen molar-refractivity contribution in [1.29, 1.82) is 0 Å². The van der Waals surface area contributed by atoms with Gasteiger partial charge in [-0.2, -0.15) is 0 Å². The average Bonchev–Trinajstić information content (AvgIpc) is 2.50. The number of ether oxygens (including phenoxy) is 1. The van der Waals surface area contributed by atoms with Gasteiger partial charge in [0.15, 0.2) is 5.96 Å². The van der Waals surface area contributed by atoms with Gasteiger partial charge in [-0.3, -0.25) is 9.79 Å². The first kappa shape index (κ1) is 18.3. The summed E-state index contributed by atoms with van der Waals surface area (Å²) >= 11 is 5.87. The van der Waals surface area contributed by atoms with E-state index in [0.29, 0.717) is 30.7 Å². The molecule has 1 aromatic rings. The number of nitrogens with one attached hydrogen (secondary N) is 2. The Morgan fingerprint density at radius 3 is 2.59 bits per heavy atom. The van der Waals surface area contributed by atoms with Crippen molar-refractivity contribution in [3.05, 3.63) is 34.9 Å². The maximum absolute atomic E-state index is 11.6. The fourth-order valence-electron chi connectivity index (χ4n) is 1.84. The number of aliphatic imine (C=N–C) groups is 1. The van der Waals surface area contributed by atoms with Crippen LogP contribution in [-0.2, 0) is 16.1 Å². The van der Waals surface area contributed by atoms with Gasteiger partial charge in [0.2, 0.25) is 5.91 Å². The van der Waals surface area contributed by atoms with Crippen LogP contribution in [0, 0.1) is 0 Å². The lowest BCUT2D eigenvalue weighted by molar-refractivity contribution is -0.120. The number of hydrogen-bond acceptors (Lipinski definition) is 3. The fourth-order valence-corrected chi connectivity index (χ4v) is 1.96. The van der Waals surface area contributed by atoms with E-state index in [-0.39, 0.29) is 12.5 Å². The molecule has 0 spiro atoms. The van der Waals surface area contributed by atoms with E-state index in [4.69, 9.17) is 16.3 Å². The van der Waals surface area contributed by atoms with E-state index < -0.39 is 0 Å². The van der Waals surface area contributed by atoms with Gasteiger partial charge in [0.25, 0.3) is 0 Å². The molecule has 1 aromatic carbocycles. The topological polar surface area (TPSA) is 66.0 Å². The monoisotopic (exact) mass is 326 g/mol. The number of methoxy groups -OCH3 is 1. The quantitative estimate of drug-likeness (QED) is 0.447. The number of guanidine groups is 1. The van der Waals surface area contributed by atoms with Gasteiger partial charge in [0.1, 0.15) is 0 Å². The van der Waals surface area contributed by atoms with Crippen LogP contribution < -0.4 is 10.6 Å². The number of carbonyl (C=O) groups excluding carboxylic acids is 1. The molecule has 6 nitrogen and oxygen atoms in total. The van der Waals surface area contributed by atoms with Gasteiger partial charge in [-0.05, 0) is 17.7 Å². The molecule has 0 saturated carbocycles. The Morgan fingerprint density at radius 2 is 2.00 bits per heavy atom. The van der Waals surface area contributed by atoms with E-state index in [0.717, 1.165) is 5.56 Å².